The third kappa shape index (κ3) is 4.44. The smallest absolute Gasteiger partial charge is 0.308 e. The molecule has 1 unspecified atom stereocenters. The second kappa shape index (κ2) is 7.38. The molecule has 3 rings (SSSR count). The fourth-order valence-electron chi connectivity index (χ4n) is 3.16. The number of hydrogen-bond acceptors (Lipinski definition) is 3. The molecular weight excluding hydrogens is 365 g/mol. The van der Waals surface area contributed by atoms with E-state index in [2.05, 4.69) is 10.0 Å². The van der Waals surface area contributed by atoms with Gasteiger partial charge in [0.05, 0.1) is 11.3 Å². The lowest BCUT2D eigenvalue weighted by molar-refractivity contribution is -0.138. The van der Waals surface area contributed by atoms with E-state index in [-0.39, 0.29) is 18.2 Å². The van der Waals surface area contributed by atoms with Crippen molar-refractivity contribution in [3.63, 3.8) is 0 Å². The summed E-state index contributed by atoms with van der Waals surface area (Å²) in [6, 6.07) is 12.3. The highest BCUT2D eigenvalue weighted by molar-refractivity contribution is 7.88. The Kier molecular flexibility index (Phi) is 5.36. The maximum Gasteiger partial charge on any atom is 0.416 e. The van der Waals surface area contributed by atoms with Gasteiger partial charge >= 0.3 is 6.18 Å². The fraction of sp³-hybridized carbons (Fsp3) is 0.333. The Hall–Kier alpha value is -1.90. The minimum atomic E-state index is -4.59. The number of fused-ring (bicyclic) bond motifs is 1. The molecule has 0 spiro atoms. The standard InChI is InChI=1S/C18H19F3N2O2S/c19-18(20,21)16-8-4-2-6-14(16)12-26(24,25)23-11-17-15-7-3-1-5-13(15)9-10-22-17/h1-8,17,22-23H,9-12H2. The summed E-state index contributed by atoms with van der Waals surface area (Å²) in [5, 5.41) is 3.24. The molecule has 0 amide bonds. The molecule has 2 aromatic carbocycles. The van der Waals surface area contributed by atoms with Gasteiger partial charge in [-0.1, -0.05) is 42.5 Å². The number of alkyl halides is 3. The molecule has 8 heteroatoms. The van der Waals surface area contributed by atoms with E-state index < -0.39 is 27.5 Å². The zero-order valence-electron chi connectivity index (χ0n) is 13.9. The molecule has 4 nitrogen and oxygen atoms in total. The minimum absolute atomic E-state index is 0.0908. The van der Waals surface area contributed by atoms with Gasteiger partial charge in [0, 0.05) is 12.6 Å². The Balaban J connectivity index is 1.72. The average molecular weight is 384 g/mol. The van der Waals surface area contributed by atoms with Gasteiger partial charge in [-0.2, -0.15) is 13.2 Å². The first-order valence-electron chi connectivity index (χ1n) is 8.20. The van der Waals surface area contributed by atoms with Crippen molar-refractivity contribution < 1.29 is 21.6 Å². The van der Waals surface area contributed by atoms with Crippen LogP contribution in [0.25, 0.3) is 0 Å². The predicted octanol–water partition coefficient (Wildman–Crippen LogP) is 3.01. The van der Waals surface area contributed by atoms with Crippen LogP contribution in [-0.4, -0.2) is 21.5 Å². The maximum absolute atomic E-state index is 13.0. The topological polar surface area (TPSA) is 58.2 Å². The van der Waals surface area contributed by atoms with Crippen LogP contribution in [0.4, 0.5) is 13.2 Å². The molecule has 2 N–H and O–H groups in total. The number of hydrogen-bond donors (Lipinski definition) is 2. The molecule has 0 aliphatic carbocycles. The van der Waals surface area contributed by atoms with Crippen molar-refractivity contribution in [3.8, 4) is 0 Å². The Morgan fingerprint density at radius 2 is 1.77 bits per heavy atom. The molecule has 0 saturated carbocycles. The van der Waals surface area contributed by atoms with Crippen molar-refractivity contribution in [2.45, 2.75) is 24.4 Å². The average Bonchev–Trinajstić information content (AvgIpc) is 2.59. The highest BCUT2D eigenvalue weighted by Gasteiger charge is 2.34. The quantitative estimate of drug-likeness (QED) is 0.833. The summed E-state index contributed by atoms with van der Waals surface area (Å²) in [4.78, 5) is 0. The lowest BCUT2D eigenvalue weighted by Gasteiger charge is -2.27. The largest absolute Gasteiger partial charge is 0.416 e. The van der Waals surface area contributed by atoms with Gasteiger partial charge in [-0.05, 0) is 35.7 Å². The van der Waals surface area contributed by atoms with Gasteiger partial charge in [0.1, 0.15) is 0 Å². The molecule has 0 radical (unpaired) electrons. The summed E-state index contributed by atoms with van der Waals surface area (Å²) in [7, 11) is -3.91. The van der Waals surface area contributed by atoms with Gasteiger partial charge in [0.15, 0.2) is 0 Å². The van der Waals surface area contributed by atoms with E-state index in [9.17, 15) is 21.6 Å². The zero-order chi connectivity index (χ0) is 18.8. The van der Waals surface area contributed by atoms with Crippen LogP contribution in [0.3, 0.4) is 0 Å². The van der Waals surface area contributed by atoms with E-state index >= 15 is 0 Å². The molecule has 1 aliphatic rings. The van der Waals surface area contributed by atoms with E-state index in [0.29, 0.717) is 0 Å². The van der Waals surface area contributed by atoms with Crippen LogP contribution in [0, 0.1) is 0 Å². The second-order valence-electron chi connectivity index (χ2n) is 6.22. The normalized spacial score (nSPS) is 17.7. The Labute approximate surface area is 150 Å². The van der Waals surface area contributed by atoms with Crippen LogP contribution in [0.5, 0.6) is 0 Å². The Morgan fingerprint density at radius 1 is 1.08 bits per heavy atom. The number of halogens is 3. The summed E-state index contributed by atoms with van der Waals surface area (Å²) in [5.74, 6) is -0.711. The van der Waals surface area contributed by atoms with Crippen LogP contribution in [0.2, 0.25) is 0 Å². The fourth-order valence-corrected chi connectivity index (χ4v) is 4.35. The number of sulfonamides is 1. The zero-order valence-corrected chi connectivity index (χ0v) is 14.7. The van der Waals surface area contributed by atoms with Gasteiger partial charge in [0.25, 0.3) is 0 Å². The summed E-state index contributed by atoms with van der Waals surface area (Å²) < 4.78 is 66.2. The first kappa shape index (κ1) is 18.9. The molecule has 1 aliphatic heterocycles. The van der Waals surface area contributed by atoms with Gasteiger partial charge < -0.3 is 5.32 Å². The van der Waals surface area contributed by atoms with Crippen molar-refractivity contribution >= 4 is 10.0 Å². The summed E-state index contributed by atoms with van der Waals surface area (Å²) >= 11 is 0. The Morgan fingerprint density at radius 3 is 2.54 bits per heavy atom. The van der Waals surface area contributed by atoms with Crippen molar-refractivity contribution in [1.82, 2.24) is 10.0 Å². The first-order chi connectivity index (χ1) is 12.3. The number of nitrogens with one attached hydrogen (secondary N) is 2. The summed E-state index contributed by atoms with van der Waals surface area (Å²) in [6.07, 6.45) is -3.73. The highest BCUT2D eigenvalue weighted by Crippen LogP contribution is 2.32. The SMILES string of the molecule is O=S(=O)(Cc1ccccc1C(F)(F)F)NCC1NCCc2ccccc21. The van der Waals surface area contributed by atoms with Gasteiger partial charge in [-0.15, -0.1) is 0 Å². The summed E-state index contributed by atoms with van der Waals surface area (Å²) in [6.45, 7) is 0.813. The molecule has 2 aromatic rings. The van der Waals surface area contributed by atoms with Crippen molar-refractivity contribution in [2.24, 2.45) is 0 Å². The monoisotopic (exact) mass is 384 g/mol. The molecule has 0 bridgehead atoms. The molecule has 0 saturated heterocycles. The van der Waals surface area contributed by atoms with E-state index in [1.54, 1.807) is 0 Å². The highest BCUT2D eigenvalue weighted by atomic mass is 32.2. The van der Waals surface area contributed by atoms with Crippen molar-refractivity contribution in [2.75, 3.05) is 13.1 Å². The minimum Gasteiger partial charge on any atom is -0.308 e. The molecule has 1 atom stereocenters. The molecular formula is C18H19F3N2O2S. The number of benzene rings is 2. The predicted molar refractivity (Wildman–Crippen MR) is 93.0 cm³/mol. The molecule has 0 fully saturated rings. The lowest BCUT2D eigenvalue weighted by atomic mass is 9.95. The lowest BCUT2D eigenvalue weighted by Crippen LogP contribution is -2.39. The molecule has 1 heterocycles. The Bertz CT molecular complexity index is 882. The van der Waals surface area contributed by atoms with E-state index in [1.165, 1.54) is 18.2 Å². The van der Waals surface area contributed by atoms with Crippen molar-refractivity contribution in [3.05, 3.63) is 70.8 Å². The van der Waals surface area contributed by atoms with Gasteiger partial charge in [-0.3, -0.25) is 0 Å². The molecule has 26 heavy (non-hydrogen) atoms. The van der Waals surface area contributed by atoms with Crippen LogP contribution >= 0.6 is 0 Å². The van der Waals surface area contributed by atoms with Gasteiger partial charge in [0.2, 0.25) is 10.0 Å². The van der Waals surface area contributed by atoms with Crippen LogP contribution in [0.15, 0.2) is 48.5 Å². The van der Waals surface area contributed by atoms with E-state index in [1.807, 2.05) is 24.3 Å². The van der Waals surface area contributed by atoms with Crippen LogP contribution in [0.1, 0.15) is 28.3 Å². The summed E-state index contributed by atoms with van der Waals surface area (Å²) in [5.41, 5.74) is 0.978. The second-order valence-corrected chi connectivity index (χ2v) is 8.02. The van der Waals surface area contributed by atoms with Gasteiger partial charge in [-0.25, -0.2) is 13.1 Å². The van der Waals surface area contributed by atoms with E-state index in [4.69, 9.17) is 0 Å². The first-order valence-corrected chi connectivity index (χ1v) is 9.85. The number of rotatable bonds is 5. The van der Waals surface area contributed by atoms with Crippen LogP contribution < -0.4 is 10.0 Å². The molecule has 0 aromatic heterocycles. The maximum atomic E-state index is 13.0. The van der Waals surface area contributed by atoms with E-state index in [0.717, 1.165) is 30.2 Å². The third-order valence-corrected chi connectivity index (χ3v) is 5.69. The van der Waals surface area contributed by atoms with Crippen molar-refractivity contribution in [1.29, 1.82) is 0 Å². The molecule has 140 valence electrons. The third-order valence-electron chi connectivity index (χ3n) is 4.39. The van der Waals surface area contributed by atoms with Crippen LogP contribution in [-0.2, 0) is 28.4 Å².